The quantitative estimate of drug-likeness (QED) is 0.192. The fourth-order valence-electron chi connectivity index (χ4n) is 3.72. The van der Waals surface area contributed by atoms with Crippen molar-refractivity contribution in [1.82, 2.24) is 19.1 Å². The maximum atomic E-state index is 13.1. The second-order valence-electron chi connectivity index (χ2n) is 7.81. The van der Waals surface area contributed by atoms with Crippen molar-refractivity contribution in [3.8, 4) is 17.1 Å². The molecule has 3 aromatic carbocycles. The number of rotatable bonds is 10. The maximum absolute atomic E-state index is 13.1. The highest BCUT2D eigenvalue weighted by atomic mass is 35.5. The van der Waals surface area contributed by atoms with Crippen LogP contribution in [0.1, 0.15) is 24.2 Å². The van der Waals surface area contributed by atoms with Gasteiger partial charge in [-0.25, -0.2) is 8.42 Å². The Bertz CT molecular complexity index is 1450. The molecule has 0 aliphatic rings. The summed E-state index contributed by atoms with van der Waals surface area (Å²) >= 11 is 7.20. The Balaban J connectivity index is 1.71. The van der Waals surface area contributed by atoms with Crippen LogP contribution in [0.2, 0.25) is 5.02 Å². The monoisotopic (exact) mass is 540 g/mol. The molecular formula is C26H25ClN4O3S2. The minimum absolute atomic E-state index is 0.0619. The Morgan fingerprint density at radius 3 is 2.31 bits per heavy atom. The summed E-state index contributed by atoms with van der Waals surface area (Å²) in [4.78, 5) is 12.9. The lowest BCUT2D eigenvalue weighted by molar-refractivity contribution is 0.102. The number of thioether (sulfide) groups is 1. The summed E-state index contributed by atoms with van der Waals surface area (Å²) in [6, 6.07) is 23.0. The van der Waals surface area contributed by atoms with Crippen LogP contribution in [0.4, 0.5) is 0 Å². The first-order valence-corrected chi connectivity index (χ1v) is 14.2. The van der Waals surface area contributed by atoms with Gasteiger partial charge in [-0.2, -0.15) is 4.31 Å². The number of halogens is 1. The van der Waals surface area contributed by atoms with E-state index >= 15 is 0 Å². The molecule has 4 rings (SSSR count). The van der Waals surface area contributed by atoms with Crippen molar-refractivity contribution in [2.24, 2.45) is 0 Å². The number of sulfonamides is 1. The standard InChI is InChI=1S/C26H25ClN4O3S2/c1-3-30(4-2)36(33,34)23-12-8-9-20(17-23)25-28-29-26(31(25)22-10-6-5-7-11-22)35-18-24(32)19-13-15-21(27)16-14-19/h5-17H,3-4,18H2,1-2H3. The maximum Gasteiger partial charge on any atom is 0.243 e. The van der Waals surface area contributed by atoms with Crippen LogP contribution in [-0.2, 0) is 10.0 Å². The zero-order chi connectivity index (χ0) is 25.7. The number of hydrogen-bond donors (Lipinski definition) is 0. The summed E-state index contributed by atoms with van der Waals surface area (Å²) in [5, 5.41) is 9.83. The molecule has 0 atom stereocenters. The highest BCUT2D eigenvalue weighted by Gasteiger charge is 2.24. The Kier molecular flexibility index (Phi) is 8.25. The number of Topliss-reactive ketones (excluding diaryl/α,β-unsaturated/α-hetero) is 1. The van der Waals surface area contributed by atoms with Crippen LogP contribution >= 0.6 is 23.4 Å². The molecule has 0 amide bonds. The lowest BCUT2D eigenvalue weighted by Gasteiger charge is -2.19. The molecule has 4 aromatic rings. The predicted molar refractivity (Wildman–Crippen MR) is 143 cm³/mol. The number of carbonyl (C=O) groups excluding carboxylic acids is 1. The molecule has 0 aliphatic carbocycles. The molecule has 0 saturated carbocycles. The summed E-state index contributed by atoms with van der Waals surface area (Å²) in [6.07, 6.45) is 0. The summed E-state index contributed by atoms with van der Waals surface area (Å²) in [5.74, 6) is 0.579. The Hall–Kier alpha value is -2.98. The van der Waals surface area contributed by atoms with Gasteiger partial charge in [0, 0.05) is 34.9 Å². The van der Waals surface area contributed by atoms with E-state index in [4.69, 9.17) is 11.6 Å². The van der Waals surface area contributed by atoms with Crippen molar-refractivity contribution in [2.75, 3.05) is 18.8 Å². The second-order valence-corrected chi connectivity index (χ2v) is 11.1. The van der Waals surface area contributed by atoms with Gasteiger partial charge in [0.2, 0.25) is 10.0 Å². The van der Waals surface area contributed by atoms with Gasteiger partial charge in [-0.05, 0) is 48.5 Å². The van der Waals surface area contributed by atoms with E-state index in [1.807, 2.05) is 48.7 Å². The topological polar surface area (TPSA) is 85.2 Å². The van der Waals surface area contributed by atoms with Crippen LogP contribution in [0.25, 0.3) is 17.1 Å². The SMILES string of the molecule is CCN(CC)S(=O)(=O)c1cccc(-c2nnc(SCC(=O)c3ccc(Cl)cc3)n2-c2ccccc2)c1. The average Bonchev–Trinajstić information content (AvgIpc) is 3.33. The Labute approximate surface area is 220 Å². The highest BCUT2D eigenvalue weighted by molar-refractivity contribution is 7.99. The zero-order valence-electron chi connectivity index (χ0n) is 19.8. The minimum atomic E-state index is -3.64. The molecule has 0 unspecified atom stereocenters. The molecule has 36 heavy (non-hydrogen) atoms. The predicted octanol–water partition coefficient (Wildman–Crippen LogP) is 5.59. The van der Waals surface area contributed by atoms with Gasteiger partial charge in [-0.15, -0.1) is 10.2 Å². The molecule has 0 fully saturated rings. The van der Waals surface area contributed by atoms with Crippen molar-refractivity contribution in [3.63, 3.8) is 0 Å². The van der Waals surface area contributed by atoms with Crippen molar-refractivity contribution >= 4 is 39.2 Å². The van der Waals surface area contributed by atoms with Crippen LogP contribution in [0.3, 0.4) is 0 Å². The van der Waals surface area contributed by atoms with Gasteiger partial charge in [0.05, 0.1) is 10.6 Å². The third kappa shape index (κ3) is 5.54. The van der Waals surface area contributed by atoms with E-state index in [0.29, 0.717) is 40.2 Å². The first-order valence-electron chi connectivity index (χ1n) is 11.4. The molecule has 186 valence electrons. The first kappa shape index (κ1) is 26.1. The van der Waals surface area contributed by atoms with Gasteiger partial charge in [-0.1, -0.05) is 67.5 Å². The van der Waals surface area contributed by atoms with Gasteiger partial charge >= 0.3 is 0 Å². The number of benzene rings is 3. The lowest BCUT2D eigenvalue weighted by atomic mass is 10.1. The van der Waals surface area contributed by atoms with E-state index < -0.39 is 10.0 Å². The molecule has 10 heteroatoms. The minimum Gasteiger partial charge on any atom is -0.293 e. The molecular weight excluding hydrogens is 516 g/mol. The van der Waals surface area contributed by atoms with Crippen molar-refractivity contribution in [3.05, 3.63) is 89.4 Å². The molecule has 0 N–H and O–H groups in total. The van der Waals surface area contributed by atoms with Gasteiger partial charge < -0.3 is 0 Å². The smallest absolute Gasteiger partial charge is 0.243 e. The molecule has 1 aromatic heterocycles. The van der Waals surface area contributed by atoms with Gasteiger partial charge in [0.25, 0.3) is 0 Å². The average molecular weight is 541 g/mol. The molecule has 0 saturated heterocycles. The summed E-state index contributed by atoms with van der Waals surface area (Å²) in [5.41, 5.74) is 1.97. The summed E-state index contributed by atoms with van der Waals surface area (Å²) < 4.78 is 29.5. The summed E-state index contributed by atoms with van der Waals surface area (Å²) in [7, 11) is -3.64. The third-order valence-corrected chi connectivity index (χ3v) is 8.81. The van der Waals surface area contributed by atoms with Crippen LogP contribution in [0, 0.1) is 0 Å². The van der Waals surface area contributed by atoms with Crippen molar-refractivity contribution in [2.45, 2.75) is 23.9 Å². The molecule has 0 bridgehead atoms. The van der Waals surface area contributed by atoms with E-state index in [2.05, 4.69) is 10.2 Å². The van der Waals surface area contributed by atoms with E-state index in [9.17, 15) is 13.2 Å². The molecule has 0 radical (unpaired) electrons. The number of hydrogen-bond acceptors (Lipinski definition) is 6. The number of aromatic nitrogens is 3. The van der Waals surface area contributed by atoms with Crippen LogP contribution in [0.15, 0.2) is 88.9 Å². The molecule has 7 nitrogen and oxygen atoms in total. The first-order chi connectivity index (χ1) is 17.3. The van der Waals surface area contributed by atoms with Crippen molar-refractivity contribution < 1.29 is 13.2 Å². The number of carbonyl (C=O) groups is 1. The second kappa shape index (κ2) is 11.4. The van der Waals surface area contributed by atoms with Crippen LogP contribution in [-0.4, -0.2) is 52.1 Å². The Morgan fingerprint density at radius 1 is 0.944 bits per heavy atom. The number of para-hydroxylation sites is 1. The molecule has 0 spiro atoms. The molecule has 0 aliphatic heterocycles. The van der Waals surface area contributed by atoms with Gasteiger partial charge in [0.1, 0.15) is 0 Å². The number of nitrogens with zero attached hydrogens (tertiary/aromatic N) is 4. The van der Waals surface area contributed by atoms with Gasteiger partial charge in [-0.3, -0.25) is 9.36 Å². The van der Waals surface area contributed by atoms with Crippen LogP contribution < -0.4 is 0 Å². The third-order valence-electron chi connectivity index (χ3n) is 5.58. The number of ketones is 1. The lowest BCUT2D eigenvalue weighted by Crippen LogP contribution is -2.30. The Morgan fingerprint density at radius 2 is 1.64 bits per heavy atom. The largest absolute Gasteiger partial charge is 0.293 e. The van der Waals surface area contributed by atoms with Gasteiger partial charge in [0.15, 0.2) is 16.8 Å². The van der Waals surface area contributed by atoms with Crippen molar-refractivity contribution in [1.29, 1.82) is 0 Å². The normalized spacial score (nSPS) is 11.7. The van der Waals surface area contributed by atoms with E-state index in [1.165, 1.54) is 16.1 Å². The summed E-state index contributed by atoms with van der Waals surface area (Å²) in [6.45, 7) is 4.38. The highest BCUT2D eigenvalue weighted by Crippen LogP contribution is 2.30. The fraction of sp³-hybridized carbons (Fsp3) is 0.192. The van der Waals surface area contributed by atoms with Crippen LogP contribution in [0.5, 0.6) is 0 Å². The van der Waals surface area contributed by atoms with E-state index in [0.717, 1.165) is 5.69 Å². The van der Waals surface area contributed by atoms with E-state index in [1.54, 1.807) is 48.5 Å². The van der Waals surface area contributed by atoms with E-state index in [-0.39, 0.29) is 16.4 Å². The fourth-order valence-corrected chi connectivity index (χ4v) is 6.19. The molecule has 1 heterocycles. The zero-order valence-corrected chi connectivity index (χ0v) is 22.2.